The number of halogens is 1. The average molecular weight is 356 g/mol. The van der Waals surface area contributed by atoms with Gasteiger partial charge in [0.05, 0.1) is 11.4 Å². The Kier molecular flexibility index (Phi) is 2.94. The van der Waals surface area contributed by atoms with E-state index in [2.05, 4.69) is 63.5 Å². The molecule has 0 atom stereocenters. The third-order valence-corrected chi connectivity index (χ3v) is 5.18. The maximum absolute atomic E-state index is 4.64. The van der Waals surface area contributed by atoms with Crippen LogP contribution in [0.1, 0.15) is 17.1 Å². The summed E-state index contributed by atoms with van der Waals surface area (Å²) in [6, 6.07) is 6.74. The van der Waals surface area contributed by atoms with Crippen molar-refractivity contribution >= 4 is 34.4 Å². The fraction of sp³-hybridized carbons (Fsp3) is 0.308. The van der Waals surface area contributed by atoms with Gasteiger partial charge in [-0.2, -0.15) is 0 Å². The highest BCUT2D eigenvalue weighted by Crippen LogP contribution is 2.30. The van der Waals surface area contributed by atoms with Gasteiger partial charge in [-0.1, -0.05) is 0 Å². The van der Waals surface area contributed by atoms with Crippen LogP contribution in [0.3, 0.4) is 0 Å². The average Bonchev–Trinajstić information content (AvgIpc) is 2.65. The predicted molar refractivity (Wildman–Crippen MR) is 80.2 cm³/mol. The summed E-state index contributed by atoms with van der Waals surface area (Å²) in [5.74, 6) is 1.20. The van der Waals surface area contributed by atoms with Gasteiger partial charge in [-0.3, -0.25) is 4.57 Å². The molecule has 2 aromatic rings. The minimum absolute atomic E-state index is 1.05. The Labute approximate surface area is 119 Å². The summed E-state index contributed by atoms with van der Waals surface area (Å²) in [5, 5.41) is 0. The third-order valence-electron chi connectivity index (χ3n) is 3.20. The monoisotopic (exact) mass is 356 g/mol. The Morgan fingerprint density at radius 2 is 2.18 bits per heavy atom. The zero-order valence-corrected chi connectivity index (χ0v) is 12.8. The topological polar surface area (TPSA) is 17.8 Å². The molecule has 0 saturated heterocycles. The Hall–Kier alpha value is -0.490. The van der Waals surface area contributed by atoms with E-state index in [-0.39, 0.29) is 0 Å². The van der Waals surface area contributed by atoms with E-state index in [1.54, 1.807) is 11.8 Å². The van der Waals surface area contributed by atoms with Gasteiger partial charge in [0.25, 0.3) is 0 Å². The van der Waals surface area contributed by atoms with E-state index < -0.39 is 0 Å². The molecule has 0 aliphatic carbocycles. The first-order valence-electron chi connectivity index (χ1n) is 5.61. The van der Waals surface area contributed by atoms with Crippen molar-refractivity contribution in [3.63, 3.8) is 0 Å². The zero-order valence-electron chi connectivity index (χ0n) is 9.83. The lowest BCUT2D eigenvalue weighted by molar-refractivity contribution is 0.767. The van der Waals surface area contributed by atoms with Crippen molar-refractivity contribution in [2.24, 2.45) is 0 Å². The molecule has 0 fully saturated rings. The van der Waals surface area contributed by atoms with Gasteiger partial charge in [-0.05, 0) is 66.0 Å². The molecule has 0 radical (unpaired) electrons. The van der Waals surface area contributed by atoms with Crippen LogP contribution in [0.25, 0.3) is 5.69 Å². The van der Waals surface area contributed by atoms with Gasteiger partial charge in [0.2, 0.25) is 0 Å². The molecule has 17 heavy (non-hydrogen) atoms. The van der Waals surface area contributed by atoms with E-state index in [1.165, 1.54) is 25.7 Å². The molecule has 1 aliphatic heterocycles. The Bertz CT molecular complexity index is 589. The molecule has 0 saturated carbocycles. The van der Waals surface area contributed by atoms with Gasteiger partial charge in [-0.15, -0.1) is 11.8 Å². The molecule has 0 amide bonds. The van der Waals surface area contributed by atoms with Gasteiger partial charge in [0.1, 0.15) is 9.53 Å². The zero-order chi connectivity index (χ0) is 12.0. The normalized spacial score (nSPS) is 13.4. The number of hydrogen-bond acceptors (Lipinski definition) is 2. The van der Waals surface area contributed by atoms with Crippen LogP contribution in [0.2, 0.25) is 0 Å². The molecule has 2 heterocycles. The van der Waals surface area contributed by atoms with Gasteiger partial charge in [-0.25, -0.2) is 4.98 Å². The number of thioether (sulfide) groups is 1. The fourth-order valence-corrected chi connectivity index (χ4v) is 3.45. The minimum atomic E-state index is 1.05. The quantitative estimate of drug-likeness (QED) is 0.574. The van der Waals surface area contributed by atoms with E-state index in [9.17, 15) is 0 Å². The smallest absolute Gasteiger partial charge is 0.114 e. The molecule has 4 heteroatoms. The van der Waals surface area contributed by atoms with E-state index >= 15 is 0 Å². The summed E-state index contributed by atoms with van der Waals surface area (Å²) in [4.78, 5) is 5.99. The van der Waals surface area contributed by atoms with E-state index in [4.69, 9.17) is 0 Å². The van der Waals surface area contributed by atoms with Crippen LogP contribution in [0, 0.1) is 10.6 Å². The highest BCUT2D eigenvalue weighted by Gasteiger charge is 2.20. The second-order valence-corrected chi connectivity index (χ2v) is 6.14. The number of fused-ring (bicyclic) bond motifs is 3. The molecule has 88 valence electrons. The van der Waals surface area contributed by atoms with Crippen molar-refractivity contribution < 1.29 is 0 Å². The highest BCUT2D eigenvalue weighted by molar-refractivity contribution is 14.1. The van der Waals surface area contributed by atoms with E-state index in [0.29, 0.717) is 0 Å². The number of imidazole rings is 1. The fourth-order valence-electron chi connectivity index (χ4n) is 2.33. The largest absolute Gasteiger partial charge is 0.291 e. The van der Waals surface area contributed by atoms with Gasteiger partial charge in [0.15, 0.2) is 0 Å². The standard InChI is InChI=1S/C13H13IN2S/c1-8-13(14)16-11-5-4-10(17-2)7-9(11)3-6-12(16)15-8/h4-5,7H,3,6H2,1-2H3. The van der Waals surface area contributed by atoms with Crippen LogP contribution in [0.5, 0.6) is 0 Å². The van der Waals surface area contributed by atoms with E-state index in [1.807, 2.05) is 0 Å². The van der Waals surface area contributed by atoms with Crippen LogP contribution in [-0.2, 0) is 12.8 Å². The van der Waals surface area contributed by atoms with Crippen molar-refractivity contribution in [3.8, 4) is 5.69 Å². The molecule has 0 N–H and O–H groups in total. The lowest BCUT2D eigenvalue weighted by Gasteiger charge is -2.19. The molecule has 1 aromatic carbocycles. The molecule has 3 rings (SSSR count). The third kappa shape index (κ3) is 1.81. The molecule has 0 unspecified atom stereocenters. The summed E-state index contributed by atoms with van der Waals surface area (Å²) in [6.07, 6.45) is 4.28. The molecule has 1 aliphatic rings. The number of hydrogen-bond donors (Lipinski definition) is 0. The van der Waals surface area contributed by atoms with Crippen molar-refractivity contribution in [2.45, 2.75) is 24.7 Å². The first-order valence-corrected chi connectivity index (χ1v) is 7.92. The minimum Gasteiger partial charge on any atom is -0.291 e. The summed E-state index contributed by atoms with van der Waals surface area (Å²) in [7, 11) is 0. The molecular weight excluding hydrogens is 343 g/mol. The number of aryl methyl sites for hydroxylation is 3. The molecule has 2 nitrogen and oxygen atoms in total. The predicted octanol–water partition coefficient (Wildman–Crippen LogP) is 3.61. The maximum Gasteiger partial charge on any atom is 0.114 e. The summed E-state index contributed by atoms with van der Waals surface area (Å²) < 4.78 is 3.55. The number of nitrogens with zero attached hydrogens (tertiary/aromatic N) is 2. The van der Waals surface area contributed by atoms with Crippen LogP contribution < -0.4 is 0 Å². The van der Waals surface area contributed by atoms with Crippen molar-refractivity contribution in [1.82, 2.24) is 9.55 Å². The van der Waals surface area contributed by atoms with Crippen LogP contribution >= 0.6 is 34.4 Å². The highest BCUT2D eigenvalue weighted by atomic mass is 127. The Balaban J connectivity index is 2.22. The molecule has 0 bridgehead atoms. The molecule has 1 aromatic heterocycles. The second kappa shape index (κ2) is 4.31. The number of rotatable bonds is 1. The maximum atomic E-state index is 4.64. The van der Waals surface area contributed by atoms with Crippen molar-refractivity contribution in [3.05, 3.63) is 39.0 Å². The first-order chi connectivity index (χ1) is 8.20. The summed E-state index contributed by atoms with van der Waals surface area (Å²) in [6.45, 7) is 2.09. The van der Waals surface area contributed by atoms with Gasteiger partial charge < -0.3 is 0 Å². The summed E-state index contributed by atoms with van der Waals surface area (Å²) >= 11 is 4.20. The number of benzene rings is 1. The second-order valence-electron chi connectivity index (χ2n) is 4.23. The van der Waals surface area contributed by atoms with Gasteiger partial charge >= 0.3 is 0 Å². The Morgan fingerprint density at radius 3 is 2.94 bits per heavy atom. The Morgan fingerprint density at radius 1 is 1.35 bits per heavy atom. The van der Waals surface area contributed by atoms with Crippen LogP contribution in [0.15, 0.2) is 23.1 Å². The number of aromatic nitrogens is 2. The lowest BCUT2D eigenvalue weighted by Crippen LogP contribution is -2.13. The van der Waals surface area contributed by atoms with Crippen molar-refractivity contribution in [2.75, 3.05) is 6.26 Å². The SMILES string of the molecule is CSc1ccc2c(c1)CCc1nc(C)c(I)n1-2. The molecular formula is C13H13IN2S. The van der Waals surface area contributed by atoms with Gasteiger partial charge in [0, 0.05) is 11.3 Å². The van der Waals surface area contributed by atoms with Crippen molar-refractivity contribution in [1.29, 1.82) is 0 Å². The summed E-state index contributed by atoms with van der Waals surface area (Å²) in [5.41, 5.74) is 3.90. The van der Waals surface area contributed by atoms with Crippen LogP contribution in [-0.4, -0.2) is 15.8 Å². The molecule has 0 spiro atoms. The lowest BCUT2D eigenvalue weighted by atomic mass is 10.0. The van der Waals surface area contributed by atoms with Crippen LogP contribution in [0.4, 0.5) is 0 Å². The van der Waals surface area contributed by atoms with E-state index in [0.717, 1.165) is 18.5 Å². The first kappa shape index (κ1) is 11.6.